The van der Waals surface area contributed by atoms with Gasteiger partial charge in [-0.2, -0.15) is 0 Å². The standard InChI is InChI=1S/C24H28N2O6/c1-3-26(13-12-22(27)28)23(29)21(15-31-2)25-24(30)32-14-20-18-10-6-4-8-16(18)17-9-5-7-11-19(17)20/h4-11,20-21H,3,12-15H2,1-2H3,(H,25,30)(H,27,28). The first kappa shape index (κ1) is 23.3. The molecule has 1 unspecified atom stereocenters. The second-order valence-electron chi connectivity index (χ2n) is 7.54. The number of fused-ring (bicyclic) bond motifs is 3. The van der Waals surface area contributed by atoms with Crippen LogP contribution >= 0.6 is 0 Å². The number of hydrogen-bond acceptors (Lipinski definition) is 5. The highest BCUT2D eigenvalue weighted by Crippen LogP contribution is 2.44. The Kier molecular flexibility index (Phi) is 7.83. The van der Waals surface area contributed by atoms with Crippen LogP contribution in [-0.4, -0.2) is 67.4 Å². The van der Waals surface area contributed by atoms with Crippen molar-refractivity contribution in [2.45, 2.75) is 25.3 Å². The van der Waals surface area contributed by atoms with E-state index < -0.39 is 24.0 Å². The maximum Gasteiger partial charge on any atom is 0.407 e. The molecule has 8 heteroatoms. The number of nitrogens with one attached hydrogen (secondary N) is 1. The molecule has 8 nitrogen and oxygen atoms in total. The number of carboxylic acid groups (broad SMARTS) is 1. The van der Waals surface area contributed by atoms with Crippen LogP contribution in [0.5, 0.6) is 0 Å². The van der Waals surface area contributed by atoms with E-state index in [1.54, 1.807) is 6.92 Å². The molecule has 1 aliphatic rings. The van der Waals surface area contributed by atoms with Gasteiger partial charge in [-0.05, 0) is 29.2 Å². The highest BCUT2D eigenvalue weighted by atomic mass is 16.5. The van der Waals surface area contributed by atoms with E-state index in [2.05, 4.69) is 17.4 Å². The SMILES string of the molecule is CCN(CCC(=O)O)C(=O)C(COC)NC(=O)OCC1c2ccccc2-c2ccccc21. The predicted octanol–water partition coefficient (Wildman–Crippen LogP) is 2.86. The summed E-state index contributed by atoms with van der Waals surface area (Å²) in [5, 5.41) is 11.5. The summed E-state index contributed by atoms with van der Waals surface area (Å²) in [6.45, 7) is 2.20. The van der Waals surface area contributed by atoms with Gasteiger partial charge in [-0.1, -0.05) is 48.5 Å². The lowest BCUT2D eigenvalue weighted by Crippen LogP contribution is -2.51. The van der Waals surface area contributed by atoms with Crippen molar-refractivity contribution in [3.63, 3.8) is 0 Å². The molecule has 0 saturated carbocycles. The van der Waals surface area contributed by atoms with E-state index >= 15 is 0 Å². The van der Waals surface area contributed by atoms with E-state index in [-0.39, 0.29) is 32.1 Å². The topological polar surface area (TPSA) is 105 Å². The number of benzene rings is 2. The lowest BCUT2D eigenvalue weighted by molar-refractivity contribution is -0.139. The second kappa shape index (κ2) is 10.8. The molecule has 32 heavy (non-hydrogen) atoms. The Hall–Kier alpha value is -3.39. The zero-order valence-electron chi connectivity index (χ0n) is 18.2. The van der Waals surface area contributed by atoms with E-state index in [1.807, 2.05) is 36.4 Å². The Balaban J connectivity index is 1.65. The van der Waals surface area contributed by atoms with Crippen LogP contribution < -0.4 is 5.32 Å². The summed E-state index contributed by atoms with van der Waals surface area (Å²) in [5.41, 5.74) is 4.44. The van der Waals surface area contributed by atoms with Gasteiger partial charge in [0.05, 0.1) is 13.0 Å². The molecule has 0 aromatic heterocycles. The molecule has 0 radical (unpaired) electrons. The summed E-state index contributed by atoms with van der Waals surface area (Å²) in [6.07, 6.45) is -0.902. The molecular formula is C24H28N2O6. The average Bonchev–Trinajstić information content (AvgIpc) is 3.11. The molecule has 0 saturated heterocycles. The Bertz CT molecular complexity index is 931. The number of hydrogen-bond donors (Lipinski definition) is 2. The number of rotatable bonds is 10. The smallest absolute Gasteiger partial charge is 0.407 e. The van der Waals surface area contributed by atoms with Crippen LogP contribution in [0.15, 0.2) is 48.5 Å². The molecule has 0 heterocycles. The van der Waals surface area contributed by atoms with Gasteiger partial charge in [0.25, 0.3) is 0 Å². The number of alkyl carbamates (subject to hydrolysis) is 1. The predicted molar refractivity (Wildman–Crippen MR) is 118 cm³/mol. The maximum absolute atomic E-state index is 12.8. The Morgan fingerprint density at radius 1 is 1.06 bits per heavy atom. The van der Waals surface area contributed by atoms with Gasteiger partial charge in [0.1, 0.15) is 12.6 Å². The molecule has 0 spiro atoms. The fourth-order valence-corrected chi connectivity index (χ4v) is 4.00. The molecule has 2 amide bonds. The highest BCUT2D eigenvalue weighted by molar-refractivity contribution is 5.86. The largest absolute Gasteiger partial charge is 0.481 e. The summed E-state index contributed by atoms with van der Waals surface area (Å²) >= 11 is 0. The minimum Gasteiger partial charge on any atom is -0.481 e. The van der Waals surface area contributed by atoms with Gasteiger partial charge in [0.15, 0.2) is 0 Å². The van der Waals surface area contributed by atoms with E-state index in [1.165, 1.54) is 12.0 Å². The summed E-state index contributed by atoms with van der Waals surface area (Å²) in [4.78, 5) is 37.5. The summed E-state index contributed by atoms with van der Waals surface area (Å²) in [5.74, 6) is -1.50. The zero-order valence-corrected chi connectivity index (χ0v) is 18.2. The highest BCUT2D eigenvalue weighted by Gasteiger charge is 2.30. The first-order valence-electron chi connectivity index (χ1n) is 10.6. The number of nitrogens with zero attached hydrogens (tertiary/aromatic N) is 1. The minimum atomic E-state index is -0.996. The van der Waals surface area contributed by atoms with Gasteiger partial charge in [-0.15, -0.1) is 0 Å². The lowest BCUT2D eigenvalue weighted by atomic mass is 9.98. The Labute approximate surface area is 187 Å². The van der Waals surface area contributed by atoms with Crippen molar-refractivity contribution in [3.8, 4) is 11.1 Å². The average molecular weight is 440 g/mol. The second-order valence-corrected chi connectivity index (χ2v) is 7.54. The van der Waals surface area contributed by atoms with Crippen molar-refractivity contribution in [3.05, 3.63) is 59.7 Å². The molecule has 3 rings (SSSR count). The number of carbonyl (C=O) groups is 3. The molecular weight excluding hydrogens is 412 g/mol. The molecule has 0 fully saturated rings. The van der Waals surface area contributed by atoms with Gasteiger partial charge < -0.3 is 24.8 Å². The molecule has 170 valence electrons. The minimum absolute atomic E-state index is 0.0490. The number of methoxy groups -OCH3 is 1. The molecule has 2 aromatic carbocycles. The first-order chi connectivity index (χ1) is 15.5. The third-order valence-electron chi connectivity index (χ3n) is 5.56. The van der Waals surface area contributed by atoms with Crippen molar-refractivity contribution in [1.82, 2.24) is 10.2 Å². The Morgan fingerprint density at radius 2 is 1.66 bits per heavy atom. The van der Waals surface area contributed by atoms with Gasteiger partial charge in [-0.25, -0.2) is 4.79 Å². The molecule has 2 aromatic rings. The van der Waals surface area contributed by atoms with Crippen LogP contribution in [0.2, 0.25) is 0 Å². The molecule has 1 atom stereocenters. The molecule has 1 aliphatic carbocycles. The monoisotopic (exact) mass is 440 g/mol. The summed E-state index contributed by atoms with van der Waals surface area (Å²) < 4.78 is 10.6. The number of amides is 2. The van der Waals surface area contributed by atoms with E-state index in [9.17, 15) is 14.4 Å². The van der Waals surface area contributed by atoms with Gasteiger partial charge >= 0.3 is 12.1 Å². The van der Waals surface area contributed by atoms with Crippen LogP contribution in [0.25, 0.3) is 11.1 Å². The van der Waals surface area contributed by atoms with Crippen LogP contribution in [0.3, 0.4) is 0 Å². The summed E-state index contributed by atoms with van der Waals surface area (Å²) in [6, 6.07) is 15.1. The van der Waals surface area contributed by atoms with Crippen molar-refractivity contribution in [1.29, 1.82) is 0 Å². The third kappa shape index (κ3) is 5.26. The lowest BCUT2D eigenvalue weighted by Gasteiger charge is -2.26. The van der Waals surface area contributed by atoms with Crippen molar-refractivity contribution in [2.75, 3.05) is 33.4 Å². The summed E-state index contributed by atoms with van der Waals surface area (Å²) in [7, 11) is 1.42. The molecule has 2 N–H and O–H groups in total. The fraction of sp³-hybridized carbons (Fsp3) is 0.375. The van der Waals surface area contributed by atoms with Crippen molar-refractivity contribution < 1.29 is 29.0 Å². The van der Waals surface area contributed by atoms with Gasteiger partial charge in [0, 0.05) is 26.1 Å². The van der Waals surface area contributed by atoms with Gasteiger partial charge in [-0.3, -0.25) is 9.59 Å². The van der Waals surface area contributed by atoms with Crippen LogP contribution in [0.4, 0.5) is 4.79 Å². The van der Waals surface area contributed by atoms with E-state index in [0.29, 0.717) is 6.54 Å². The zero-order chi connectivity index (χ0) is 23.1. The number of aliphatic carboxylic acids is 1. The number of carbonyl (C=O) groups excluding carboxylic acids is 2. The maximum atomic E-state index is 12.8. The fourth-order valence-electron chi connectivity index (χ4n) is 4.00. The number of ether oxygens (including phenoxy) is 2. The molecule has 0 aliphatic heterocycles. The van der Waals surface area contributed by atoms with Crippen molar-refractivity contribution >= 4 is 18.0 Å². The normalized spacial score (nSPS) is 13.1. The Morgan fingerprint density at radius 3 is 2.19 bits per heavy atom. The van der Waals surface area contributed by atoms with Crippen LogP contribution in [-0.2, 0) is 19.1 Å². The molecule has 0 bridgehead atoms. The number of carboxylic acids is 1. The quantitative estimate of drug-likeness (QED) is 0.589. The number of likely N-dealkylation sites (N-methyl/N-ethyl adjacent to an activating group) is 1. The van der Waals surface area contributed by atoms with Crippen LogP contribution in [0.1, 0.15) is 30.4 Å². The van der Waals surface area contributed by atoms with E-state index in [0.717, 1.165) is 22.3 Å². The van der Waals surface area contributed by atoms with Crippen molar-refractivity contribution in [2.24, 2.45) is 0 Å². The third-order valence-corrected chi connectivity index (χ3v) is 5.56. The van der Waals surface area contributed by atoms with E-state index in [4.69, 9.17) is 14.6 Å². The van der Waals surface area contributed by atoms with Crippen LogP contribution in [0, 0.1) is 0 Å². The van der Waals surface area contributed by atoms with Gasteiger partial charge in [0.2, 0.25) is 5.91 Å². The first-order valence-corrected chi connectivity index (χ1v) is 10.6.